The maximum Gasteiger partial charge on any atom is 0.150 e. The normalized spacial score (nSPS) is 11.0. The molecule has 4 rings (SSSR count). The zero-order valence-corrected chi connectivity index (χ0v) is 12.5. The number of pyridine rings is 1. The molecule has 2 heteroatoms. The molecule has 1 nitrogen and oxygen atoms in total. The van der Waals surface area contributed by atoms with E-state index in [1.165, 1.54) is 27.1 Å². The second kappa shape index (κ2) is 5.30. The molecule has 0 atom stereocenters. The molecule has 1 aromatic heterocycles. The first-order valence-electron chi connectivity index (χ1n) is 7.53. The Balaban J connectivity index is 2.06. The van der Waals surface area contributed by atoms with Gasteiger partial charge in [0.25, 0.3) is 0 Å². The van der Waals surface area contributed by atoms with E-state index in [1.54, 1.807) is 0 Å². The van der Waals surface area contributed by atoms with Crippen LogP contribution in [0.5, 0.6) is 0 Å². The summed E-state index contributed by atoms with van der Waals surface area (Å²) in [5.74, 6) is 0. The van der Waals surface area contributed by atoms with Crippen LogP contribution in [0.1, 0.15) is 0 Å². The average Bonchev–Trinajstić information content (AvgIpc) is 2.61. The summed E-state index contributed by atoms with van der Waals surface area (Å²) in [7, 11) is 2.06. The van der Waals surface area contributed by atoms with E-state index in [2.05, 4.69) is 79.0 Å². The van der Waals surface area contributed by atoms with Crippen molar-refractivity contribution in [1.82, 2.24) is 4.98 Å². The minimum Gasteiger partial charge on any atom is -0.257 e. The first-order valence-corrected chi connectivity index (χ1v) is 7.53. The summed E-state index contributed by atoms with van der Waals surface area (Å²) in [6.07, 6.45) is 1.93. The Morgan fingerprint density at radius 2 is 1.50 bits per heavy atom. The molecule has 4 aromatic rings. The third-order valence-corrected chi connectivity index (χ3v) is 4.16. The quantitative estimate of drug-likeness (QED) is 0.391. The second-order valence-corrected chi connectivity index (χ2v) is 5.46. The monoisotopic (exact) mass is 280 g/mol. The van der Waals surface area contributed by atoms with Crippen molar-refractivity contribution in [3.05, 3.63) is 72.9 Å². The fourth-order valence-corrected chi connectivity index (χ4v) is 3.00. The summed E-state index contributed by atoms with van der Waals surface area (Å²) < 4.78 is 0. The number of rotatable bonds is 2. The van der Waals surface area contributed by atoms with Gasteiger partial charge in [-0.2, -0.15) is 0 Å². The molecular weight excluding hydrogens is 265 g/mol. The van der Waals surface area contributed by atoms with E-state index >= 15 is 0 Å². The van der Waals surface area contributed by atoms with Gasteiger partial charge in [-0.3, -0.25) is 4.98 Å². The zero-order valence-electron chi connectivity index (χ0n) is 12.5. The molecule has 0 amide bonds. The molecule has 0 aliphatic carbocycles. The highest BCUT2D eigenvalue weighted by atomic mass is 14.7. The maximum absolute atomic E-state index is 4.65. The van der Waals surface area contributed by atoms with Crippen molar-refractivity contribution < 1.29 is 0 Å². The molecule has 22 heavy (non-hydrogen) atoms. The lowest BCUT2D eigenvalue weighted by Gasteiger charge is -2.10. The Bertz CT molecular complexity index is 958. The van der Waals surface area contributed by atoms with E-state index in [1.807, 2.05) is 13.0 Å². The summed E-state index contributed by atoms with van der Waals surface area (Å²) >= 11 is 0. The van der Waals surface area contributed by atoms with Gasteiger partial charge >= 0.3 is 0 Å². The Morgan fingerprint density at radius 1 is 0.773 bits per heavy atom. The van der Waals surface area contributed by atoms with Gasteiger partial charge < -0.3 is 0 Å². The van der Waals surface area contributed by atoms with Crippen molar-refractivity contribution in [2.24, 2.45) is 0 Å². The Labute approximate surface area is 130 Å². The summed E-state index contributed by atoms with van der Waals surface area (Å²) in [5.41, 5.74) is 3.36. The minimum absolute atomic E-state index is 1.02. The van der Waals surface area contributed by atoms with Crippen LogP contribution < -0.4 is 5.46 Å². The number of hydrogen-bond donors (Lipinski definition) is 0. The van der Waals surface area contributed by atoms with Gasteiger partial charge in [0, 0.05) is 11.8 Å². The van der Waals surface area contributed by atoms with Crippen LogP contribution in [0.15, 0.2) is 72.9 Å². The van der Waals surface area contributed by atoms with Gasteiger partial charge in [-0.1, -0.05) is 66.9 Å². The molecule has 0 bridgehead atoms. The highest BCUT2D eigenvalue weighted by Crippen LogP contribution is 2.33. The number of hydrogen-bond acceptors (Lipinski definition) is 1. The smallest absolute Gasteiger partial charge is 0.150 e. The van der Waals surface area contributed by atoms with Crippen LogP contribution in [0.2, 0.25) is 6.82 Å². The fourth-order valence-electron chi connectivity index (χ4n) is 3.00. The molecule has 0 spiro atoms. The third-order valence-electron chi connectivity index (χ3n) is 4.16. The third kappa shape index (κ3) is 2.08. The SMILES string of the molecule is C[B]c1ccc(-c2cc3ccccc3c3ccccc23)nc1. The standard InChI is InChI=1S/C20H15BN/c1-21-15-10-11-20(22-13-15)19-12-14-6-2-3-7-16(14)17-8-4-5-9-18(17)19/h2-13H,1H3. The molecule has 1 heterocycles. The van der Waals surface area contributed by atoms with Crippen LogP contribution in [0.3, 0.4) is 0 Å². The van der Waals surface area contributed by atoms with Crippen molar-refractivity contribution >= 4 is 34.3 Å². The van der Waals surface area contributed by atoms with Gasteiger partial charge in [-0.05, 0) is 33.7 Å². The van der Waals surface area contributed by atoms with Crippen LogP contribution in [-0.2, 0) is 0 Å². The van der Waals surface area contributed by atoms with Gasteiger partial charge in [0.1, 0.15) is 7.28 Å². The second-order valence-electron chi connectivity index (χ2n) is 5.46. The minimum atomic E-state index is 1.02. The first-order chi connectivity index (χ1) is 10.9. The molecule has 0 N–H and O–H groups in total. The Morgan fingerprint density at radius 3 is 2.23 bits per heavy atom. The highest BCUT2D eigenvalue weighted by Gasteiger charge is 2.08. The Hall–Kier alpha value is -2.61. The molecule has 1 radical (unpaired) electrons. The Kier molecular flexibility index (Phi) is 3.15. The van der Waals surface area contributed by atoms with Crippen LogP contribution in [-0.4, -0.2) is 12.3 Å². The van der Waals surface area contributed by atoms with Crippen molar-refractivity contribution in [2.45, 2.75) is 6.82 Å². The van der Waals surface area contributed by atoms with Crippen LogP contribution >= 0.6 is 0 Å². The van der Waals surface area contributed by atoms with E-state index in [-0.39, 0.29) is 0 Å². The largest absolute Gasteiger partial charge is 0.257 e. The molecule has 0 aliphatic heterocycles. The van der Waals surface area contributed by atoms with E-state index in [0.29, 0.717) is 0 Å². The molecule has 103 valence electrons. The molecular formula is C20H15BN. The number of aromatic nitrogens is 1. The zero-order chi connectivity index (χ0) is 14.9. The average molecular weight is 280 g/mol. The number of fused-ring (bicyclic) bond motifs is 3. The lowest BCUT2D eigenvalue weighted by molar-refractivity contribution is 1.35. The van der Waals surface area contributed by atoms with Crippen LogP contribution in [0, 0.1) is 0 Å². The van der Waals surface area contributed by atoms with Gasteiger partial charge in [0.05, 0.1) is 5.69 Å². The van der Waals surface area contributed by atoms with Gasteiger partial charge in [-0.15, -0.1) is 0 Å². The van der Waals surface area contributed by atoms with Gasteiger partial charge in [-0.25, -0.2) is 0 Å². The van der Waals surface area contributed by atoms with Crippen molar-refractivity contribution in [2.75, 3.05) is 0 Å². The summed E-state index contributed by atoms with van der Waals surface area (Å²) in [6.45, 7) is 2.03. The maximum atomic E-state index is 4.65. The molecule has 3 aromatic carbocycles. The molecule has 0 unspecified atom stereocenters. The van der Waals surface area contributed by atoms with Crippen molar-refractivity contribution in [3.8, 4) is 11.3 Å². The lowest BCUT2D eigenvalue weighted by Crippen LogP contribution is -2.10. The van der Waals surface area contributed by atoms with E-state index in [4.69, 9.17) is 0 Å². The molecule has 0 aliphatic rings. The molecule has 0 fully saturated rings. The highest BCUT2D eigenvalue weighted by molar-refractivity contribution is 6.51. The van der Waals surface area contributed by atoms with E-state index in [9.17, 15) is 0 Å². The predicted octanol–water partition coefficient (Wildman–Crippen LogP) is 4.43. The number of nitrogens with zero attached hydrogens (tertiary/aromatic N) is 1. The fraction of sp³-hybridized carbons (Fsp3) is 0.0500. The summed E-state index contributed by atoms with van der Waals surface area (Å²) in [5, 5.41) is 5.08. The van der Waals surface area contributed by atoms with Crippen molar-refractivity contribution in [1.29, 1.82) is 0 Å². The summed E-state index contributed by atoms with van der Waals surface area (Å²) in [6, 6.07) is 23.6. The van der Waals surface area contributed by atoms with E-state index in [0.717, 1.165) is 11.2 Å². The molecule has 0 saturated carbocycles. The van der Waals surface area contributed by atoms with Crippen molar-refractivity contribution in [3.63, 3.8) is 0 Å². The topological polar surface area (TPSA) is 12.9 Å². The van der Waals surface area contributed by atoms with E-state index < -0.39 is 0 Å². The van der Waals surface area contributed by atoms with Crippen LogP contribution in [0.4, 0.5) is 0 Å². The van der Waals surface area contributed by atoms with Gasteiger partial charge in [0.2, 0.25) is 0 Å². The predicted molar refractivity (Wildman–Crippen MR) is 95.9 cm³/mol. The van der Waals surface area contributed by atoms with Gasteiger partial charge in [0.15, 0.2) is 0 Å². The number of benzene rings is 3. The first kappa shape index (κ1) is 13.1. The van der Waals surface area contributed by atoms with Crippen LogP contribution in [0.25, 0.3) is 32.8 Å². The molecule has 0 saturated heterocycles. The lowest BCUT2D eigenvalue weighted by atomic mass is 9.74. The summed E-state index contributed by atoms with van der Waals surface area (Å²) in [4.78, 5) is 4.65.